The van der Waals surface area contributed by atoms with Crippen molar-refractivity contribution in [2.75, 3.05) is 0 Å². The van der Waals surface area contributed by atoms with Gasteiger partial charge in [-0.15, -0.1) is 6.58 Å². The summed E-state index contributed by atoms with van der Waals surface area (Å²) in [4.78, 5) is 26.1. The van der Waals surface area contributed by atoms with Crippen LogP contribution >= 0.6 is 0 Å². The standard InChI is InChI=1S/C20H30O3/c1-6-18(4)11-15(22)19(5)12(2)7-9-20(13(3)17(18)23)10-8-14(21)16(19)20/h6,12-13,15-16,22H,1,7-11H2,2-5H3/t12-,13+,15-,16-,18-,19+,20+/m1/s1. The van der Waals surface area contributed by atoms with E-state index in [9.17, 15) is 14.7 Å². The van der Waals surface area contributed by atoms with E-state index in [4.69, 9.17) is 0 Å². The van der Waals surface area contributed by atoms with E-state index >= 15 is 0 Å². The highest BCUT2D eigenvalue weighted by Gasteiger charge is 2.67. The van der Waals surface area contributed by atoms with Gasteiger partial charge < -0.3 is 5.11 Å². The van der Waals surface area contributed by atoms with Crippen LogP contribution in [0.2, 0.25) is 0 Å². The van der Waals surface area contributed by atoms with Gasteiger partial charge in [-0.25, -0.2) is 0 Å². The van der Waals surface area contributed by atoms with E-state index < -0.39 is 16.9 Å². The molecule has 0 heterocycles. The lowest BCUT2D eigenvalue weighted by Crippen LogP contribution is -2.61. The molecule has 0 amide bonds. The van der Waals surface area contributed by atoms with E-state index in [-0.39, 0.29) is 34.7 Å². The SMILES string of the molecule is C=C[C@]1(C)C[C@@H](O)[C@]2(C)[C@H](C)CC[C@]3(CCC(=O)[C@@H]32)[C@@H](C)C1=O. The molecule has 3 saturated carbocycles. The van der Waals surface area contributed by atoms with Crippen LogP contribution in [0, 0.1) is 34.0 Å². The molecular formula is C20H30O3. The number of Topliss-reactive ketones (excluding diaryl/α,β-unsaturated/α-hetero) is 2. The lowest BCUT2D eigenvalue weighted by atomic mass is 9.44. The molecular weight excluding hydrogens is 288 g/mol. The number of carbonyl (C=O) groups excluding carboxylic acids is 2. The third kappa shape index (κ3) is 1.92. The molecule has 3 aliphatic rings. The summed E-state index contributed by atoms with van der Waals surface area (Å²) in [5, 5.41) is 11.1. The Labute approximate surface area is 139 Å². The number of aliphatic hydroxyl groups excluding tert-OH is 1. The summed E-state index contributed by atoms with van der Waals surface area (Å²) in [6.07, 6.45) is 4.71. The summed E-state index contributed by atoms with van der Waals surface area (Å²) < 4.78 is 0. The normalized spacial score (nSPS) is 53.4. The van der Waals surface area contributed by atoms with Gasteiger partial charge in [0, 0.05) is 29.1 Å². The Morgan fingerprint density at radius 3 is 2.48 bits per heavy atom. The van der Waals surface area contributed by atoms with Crippen molar-refractivity contribution in [3.8, 4) is 0 Å². The highest BCUT2D eigenvalue weighted by atomic mass is 16.3. The van der Waals surface area contributed by atoms with E-state index in [1.54, 1.807) is 6.08 Å². The van der Waals surface area contributed by atoms with Crippen molar-refractivity contribution in [2.45, 2.75) is 65.9 Å². The van der Waals surface area contributed by atoms with Crippen LogP contribution in [0.4, 0.5) is 0 Å². The van der Waals surface area contributed by atoms with Gasteiger partial charge in [-0.2, -0.15) is 0 Å². The predicted molar refractivity (Wildman–Crippen MR) is 89.8 cm³/mol. The molecule has 3 nitrogen and oxygen atoms in total. The molecule has 128 valence electrons. The molecule has 3 rings (SSSR count). The average molecular weight is 318 g/mol. The van der Waals surface area contributed by atoms with Crippen molar-refractivity contribution >= 4 is 11.6 Å². The zero-order chi connectivity index (χ0) is 17.2. The van der Waals surface area contributed by atoms with Gasteiger partial charge in [0.05, 0.1) is 6.10 Å². The summed E-state index contributed by atoms with van der Waals surface area (Å²) in [6.45, 7) is 12.1. The third-order valence-electron chi connectivity index (χ3n) is 8.06. The maximum Gasteiger partial charge on any atom is 0.145 e. The van der Waals surface area contributed by atoms with Crippen molar-refractivity contribution in [3.63, 3.8) is 0 Å². The van der Waals surface area contributed by atoms with Crippen molar-refractivity contribution in [1.29, 1.82) is 0 Å². The Balaban J connectivity index is 2.23. The highest BCUT2D eigenvalue weighted by molar-refractivity contribution is 5.92. The Morgan fingerprint density at radius 1 is 1.22 bits per heavy atom. The summed E-state index contributed by atoms with van der Waals surface area (Å²) >= 11 is 0. The Bertz CT molecular complexity index is 567. The molecule has 3 aliphatic carbocycles. The van der Waals surface area contributed by atoms with E-state index in [0.29, 0.717) is 12.8 Å². The quantitative estimate of drug-likeness (QED) is 0.752. The van der Waals surface area contributed by atoms with Crippen LogP contribution in [0.1, 0.15) is 59.8 Å². The molecule has 7 atom stereocenters. The van der Waals surface area contributed by atoms with Crippen LogP contribution < -0.4 is 0 Å². The monoisotopic (exact) mass is 318 g/mol. The van der Waals surface area contributed by atoms with Crippen LogP contribution in [-0.2, 0) is 9.59 Å². The van der Waals surface area contributed by atoms with Crippen LogP contribution in [0.5, 0.6) is 0 Å². The van der Waals surface area contributed by atoms with Gasteiger partial charge in [-0.3, -0.25) is 9.59 Å². The fraction of sp³-hybridized carbons (Fsp3) is 0.800. The van der Waals surface area contributed by atoms with Crippen molar-refractivity contribution in [3.05, 3.63) is 12.7 Å². The number of carbonyl (C=O) groups is 2. The first-order chi connectivity index (χ1) is 10.6. The molecule has 1 N–H and O–H groups in total. The third-order valence-corrected chi connectivity index (χ3v) is 8.06. The molecule has 0 aliphatic heterocycles. The van der Waals surface area contributed by atoms with Gasteiger partial charge in [0.1, 0.15) is 11.6 Å². The molecule has 0 radical (unpaired) electrons. The first-order valence-corrected chi connectivity index (χ1v) is 9.02. The molecule has 0 spiro atoms. The molecule has 0 aromatic heterocycles. The second kappa shape index (κ2) is 5.02. The molecule has 0 saturated heterocycles. The largest absolute Gasteiger partial charge is 0.392 e. The topological polar surface area (TPSA) is 54.4 Å². The number of aliphatic hydroxyl groups is 1. The molecule has 2 bridgehead atoms. The van der Waals surface area contributed by atoms with Crippen LogP contribution in [0.3, 0.4) is 0 Å². The second-order valence-corrected chi connectivity index (χ2v) is 8.87. The lowest BCUT2D eigenvalue weighted by molar-refractivity contribution is -0.175. The van der Waals surface area contributed by atoms with Crippen molar-refractivity contribution in [1.82, 2.24) is 0 Å². The minimum atomic E-state index is -0.708. The average Bonchev–Trinajstić information content (AvgIpc) is 2.87. The zero-order valence-electron chi connectivity index (χ0n) is 14.9. The Morgan fingerprint density at radius 2 is 1.87 bits per heavy atom. The highest BCUT2D eigenvalue weighted by Crippen LogP contribution is 2.66. The minimum Gasteiger partial charge on any atom is -0.392 e. The van der Waals surface area contributed by atoms with E-state index in [1.807, 2.05) is 13.8 Å². The number of rotatable bonds is 1. The minimum absolute atomic E-state index is 0.152. The molecule has 3 heteroatoms. The summed E-state index contributed by atoms with van der Waals surface area (Å²) in [6, 6.07) is 0. The van der Waals surface area contributed by atoms with Gasteiger partial charge >= 0.3 is 0 Å². The maximum atomic E-state index is 13.2. The van der Waals surface area contributed by atoms with Gasteiger partial charge in [0.2, 0.25) is 0 Å². The van der Waals surface area contributed by atoms with Gasteiger partial charge in [0.15, 0.2) is 0 Å². The van der Waals surface area contributed by atoms with Crippen LogP contribution in [0.15, 0.2) is 12.7 Å². The number of hydrogen-bond acceptors (Lipinski definition) is 3. The number of allylic oxidation sites excluding steroid dienone is 1. The van der Waals surface area contributed by atoms with Gasteiger partial charge in [-0.1, -0.05) is 26.8 Å². The first kappa shape index (κ1) is 16.9. The van der Waals surface area contributed by atoms with E-state index in [0.717, 1.165) is 19.3 Å². The van der Waals surface area contributed by atoms with E-state index in [2.05, 4.69) is 20.4 Å². The molecule has 0 unspecified atom stereocenters. The van der Waals surface area contributed by atoms with E-state index in [1.165, 1.54) is 0 Å². The first-order valence-electron chi connectivity index (χ1n) is 9.02. The number of hydrogen-bond donors (Lipinski definition) is 1. The Hall–Kier alpha value is -0.960. The van der Waals surface area contributed by atoms with Gasteiger partial charge in [0.25, 0.3) is 0 Å². The summed E-state index contributed by atoms with van der Waals surface area (Å²) in [5.41, 5.74) is -1.41. The number of ketones is 2. The van der Waals surface area contributed by atoms with Gasteiger partial charge in [-0.05, 0) is 43.9 Å². The smallest absolute Gasteiger partial charge is 0.145 e. The zero-order valence-corrected chi connectivity index (χ0v) is 14.9. The summed E-state index contributed by atoms with van der Waals surface area (Å²) in [5.74, 6) is 0.373. The lowest BCUT2D eigenvalue weighted by Gasteiger charge is -2.59. The maximum absolute atomic E-state index is 13.2. The second-order valence-electron chi connectivity index (χ2n) is 8.87. The fourth-order valence-electron chi connectivity index (χ4n) is 6.15. The Kier molecular flexibility index (Phi) is 3.68. The van der Waals surface area contributed by atoms with Crippen molar-refractivity contribution < 1.29 is 14.7 Å². The molecule has 23 heavy (non-hydrogen) atoms. The summed E-state index contributed by atoms with van der Waals surface area (Å²) in [7, 11) is 0. The van der Waals surface area contributed by atoms with Crippen LogP contribution in [0.25, 0.3) is 0 Å². The fourth-order valence-corrected chi connectivity index (χ4v) is 6.15. The van der Waals surface area contributed by atoms with Crippen LogP contribution in [-0.4, -0.2) is 22.8 Å². The molecule has 0 aromatic carbocycles. The molecule has 3 fully saturated rings. The predicted octanol–water partition coefficient (Wildman–Crippen LogP) is 3.55. The molecule has 0 aromatic rings. The van der Waals surface area contributed by atoms with Crippen molar-refractivity contribution in [2.24, 2.45) is 34.0 Å².